The summed E-state index contributed by atoms with van der Waals surface area (Å²) in [5, 5.41) is 2.58. The number of amides is 1. The Kier molecular flexibility index (Phi) is 6.56. The average Bonchev–Trinajstić information content (AvgIpc) is 2.55. The summed E-state index contributed by atoms with van der Waals surface area (Å²) >= 11 is 1.68. The molecule has 0 saturated heterocycles. The quantitative estimate of drug-likeness (QED) is 0.601. The Morgan fingerprint density at radius 2 is 1.83 bits per heavy atom. The number of benzene rings is 2. The molecule has 0 saturated carbocycles. The van der Waals surface area contributed by atoms with Crippen LogP contribution in [0.25, 0.3) is 0 Å². The van der Waals surface area contributed by atoms with Crippen molar-refractivity contribution >= 4 is 17.9 Å². The first-order valence-corrected chi connectivity index (χ1v) is 8.03. The maximum Gasteiger partial charge on any atom is 0.410 e. The molecule has 0 aliphatic carbocycles. The number of hydrogen-bond acceptors (Lipinski definition) is 4. The zero-order valence-corrected chi connectivity index (χ0v) is 13.7. The van der Waals surface area contributed by atoms with Crippen LogP contribution >= 0.6 is 11.8 Å². The average molecular weight is 329 g/mol. The van der Waals surface area contributed by atoms with Crippen molar-refractivity contribution in [3.05, 3.63) is 67.3 Å². The van der Waals surface area contributed by atoms with Gasteiger partial charge in [-0.1, -0.05) is 42.6 Å². The van der Waals surface area contributed by atoms with Crippen molar-refractivity contribution in [1.82, 2.24) is 5.32 Å². The van der Waals surface area contributed by atoms with E-state index in [4.69, 9.17) is 9.47 Å². The van der Waals surface area contributed by atoms with Crippen LogP contribution in [0.15, 0.2) is 77.0 Å². The lowest BCUT2D eigenvalue weighted by Crippen LogP contribution is -2.37. The molecular weight excluding hydrogens is 310 g/mol. The van der Waals surface area contributed by atoms with Crippen LogP contribution in [-0.2, 0) is 4.74 Å². The van der Waals surface area contributed by atoms with E-state index in [9.17, 15) is 4.79 Å². The molecule has 0 aromatic heterocycles. The zero-order chi connectivity index (χ0) is 16.5. The second-order valence-electron chi connectivity index (χ2n) is 4.68. The van der Waals surface area contributed by atoms with E-state index < -0.39 is 12.3 Å². The van der Waals surface area contributed by atoms with Gasteiger partial charge in [-0.05, 0) is 43.3 Å². The van der Waals surface area contributed by atoms with Crippen LogP contribution in [-0.4, -0.2) is 18.9 Å². The van der Waals surface area contributed by atoms with Crippen molar-refractivity contribution in [3.8, 4) is 5.75 Å². The smallest absolute Gasteiger partial charge is 0.410 e. The van der Waals surface area contributed by atoms with E-state index >= 15 is 0 Å². The molecule has 1 amide bonds. The molecule has 120 valence electrons. The summed E-state index contributed by atoms with van der Waals surface area (Å²) in [4.78, 5) is 13.7. The minimum atomic E-state index is -0.534. The standard InChI is InChI=1S/C18H19NO3S/c1-3-13-21-18(20)19-14(2)22-15-9-11-17(12-10-15)23-16-7-5-4-6-8-16/h3-12,14H,1,13H2,2H3,(H,19,20). The third kappa shape index (κ3) is 6.08. The monoisotopic (exact) mass is 329 g/mol. The highest BCUT2D eigenvalue weighted by Gasteiger charge is 2.09. The van der Waals surface area contributed by atoms with E-state index in [2.05, 4.69) is 24.0 Å². The van der Waals surface area contributed by atoms with Crippen molar-refractivity contribution in [2.75, 3.05) is 6.61 Å². The van der Waals surface area contributed by atoms with E-state index in [0.717, 1.165) is 4.90 Å². The molecule has 0 spiro atoms. The fraction of sp³-hybridized carbons (Fsp3) is 0.167. The largest absolute Gasteiger partial charge is 0.471 e. The molecule has 2 aromatic rings. The molecule has 23 heavy (non-hydrogen) atoms. The van der Waals surface area contributed by atoms with Crippen LogP contribution in [0.1, 0.15) is 6.92 Å². The van der Waals surface area contributed by atoms with Crippen LogP contribution in [0.5, 0.6) is 5.75 Å². The van der Waals surface area contributed by atoms with E-state index in [0.29, 0.717) is 5.75 Å². The van der Waals surface area contributed by atoms with Crippen molar-refractivity contribution in [1.29, 1.82) is 0 Å². The van der Waals surface area contributed by atoms with Crippen LogP contribution in [0, 0.1) is 0 Å². The Hall–Kier alpha value is -2.40. The molecule has 1 atom stereocenters. The number of hydrogen-bond donors (Lipinski definition) is 1. The summed E-state index contributed by atoms with van der Waals surface area (Å²) < 4.78 is 10.5. The fourth-order valence-electron chi connectivity index (χ4n) is 1.79. The van der Waals surface area contributed by atoms with Gasteiger partial charge in [0, 0.05) is 9.79 Å². The van der Waals surface area contributed by atoms with E-state index in [-0.39, 0.29) is 6.61 Å². The first kappa shape index (κ1) is 17.0. The number of ether oxygens (including phenoxy) is 2. The van der Waals surface area contributed by atoms with Gasteiger partial charge in [0.25, 0.3) is 0 Å². The molecule has 4 nitrogen and oxygen atoms in total. The summed E-state index contributed by atoms with van der Waals surface area (Å²) in [6.07, 6.45) is 0.488. The third-order valence-corrected chi connectivity index (χ3v) is 3.78. The Bertz CT molecular complexity index is 628. The molecule has 0 aliphatic heterocycles. The summed E-state index contributed by atoms with van der Waals surface area (Å²) in [6.45, 7) is 5.39. The lowest BCUT2D eigenvalue weighted by molar-refractivity contribution is 0.124. The molecule has 2 aromatic carbocycles. The molecule has 1 unspecified atom stereocenters. The summed E-state index contributed by atoms with van der Waals surface area (Å²) in [5.74, 6) is 0.680. The van der Waals surface area contributed by atoms with Gasteiger partial charge in [0.2, 0.25) is 0 Å². The molecule has 0 fully saturated rings. The van der Waals surface area contributed by atoms with Crippen LogP contribution in [0.2, 0.25) is 0 Å². The summed E-state index contributed by atoms with van der Waals surface area (Å²) in [5.41, 5.74) is 0. The Morgan fingerprint density at radius 3 is 2.48 bits per heavy atom. The van der Waals surface area contributed by atoms with Gasteiger partial charge in [-0.2, -0.15) is 0 Å². The molecular formula is C18H19NO3S. The number of carbonyl (C=O) groups is 1. The second kappa shape index (κ2) is 8.90. The van der Waals surface area contributed by atoms with Crippen molar-refractivity contribution in [2.45, 2.75) is 22.9 Å². The fourth-order valence-corrected chi connectivity index (χ4v) is 2.62. The maximum absolute atomic E-state index is 11.4. The summed E-state index contributed by atoms with van der Waals surface area (Å²) in [7, 11) is 0. The number of carbonyl (C=O) groups excluding carboxylic acids is 1. The van der Waals surface area contributed by atoms with Gasteiger partial charge >= 0.3 is 6.09 Å². The van der Waals surface area contributed by atoms with Crippen LogP contribution < -0.4 is 10.1 Å². The molecule has 0 aliphatic rings. The molecule has 0 radical (unpaired) electrons. The first-order chi connectivity index (χ1) is 11.2. The SMILES string of the molecule is C=CCOC(=O)NC(C)Oc1ccc(Sc2ccccc2)cc1. The third-order valence-electron chi connectivity index (χ3n) is 2.77. The lowest BCUT2D eigenvalue weighted by atomic mass is 10.3. The van der Waals surface area contributed by atoms with E-state index in [1.807, 2.05) is 42.5 Å². The lowest BCUT2D eigenvalue weighted by Gasteiger charge is -2.16. The van der Waals surface area contributed by atoms with Gasteiger partial charge < -0.3 is 9.47 Å². The Labute approximate surface area is 140 Å². The highest BCUT2D eigenvalue weighted by Crippen LogP contribution is 2.28. The van der Waals surface area contributed by atoms with Gasteiger partial charge in [0.05, 0.1) is 0 Å². The molecule has 5 heteroatoms. The molecule has 0 bridgehead atoms. The normalized spacial score (nSPS) is 11.3. The predicted octanol–water partition coefficient (Wildman–Crippen LogP) is 4.47. The molecule has 1 N–H and O–H groups in total. The van der Waals surface area contributed by atoms with Crippen LogP contribution in [0.4, 0.5) is 4.79 Å². The highest BCUT2D eigenvalue weighted by molar-refractivity contribution is 7.99. The minimum Gasteiger partial charge on any atom is -0.471 e. The highest BCUT2D eigenvalue weighted by atomic mass is 32.2. The van der Waals surface area contributed by atoms with E-state index in [1.165, 1.54) is 11.0 Å². The Balaban J connectivity index is 1.84. The van der Waals surface area contributed by atoms with E-state index in [1.54, 1.807) is 18.7 Å². The maximum atomic E-state index is 11.4. The summed E-state index contributed by atoms with van der Waals surface area (Å²) in [6, 6.07) is 17.9. The number of alkyl carbamates (subject to hydrolysis) is 1. The topological polar surface area (TPSA) is 47.6 Å². The number of nitrogens with one attached hydrogen (secondary N) is 1. The van der Waals surface area contributed by atoms with Gasteiger partial charge in [0.1, 0.15) is 12.4 Å². The van der Waals surface area contributed by atoms with Gasteiger partial charge in [-0.25, -0.2) is 4.79 Å². The second-order valence-corrected chi connectivity index (χ2v) is 5.83. The Morgan fingerprint density at radius 1 is 1.17 bits per heavy atom. The minimum absolute atomic E-state index is 0.171. The van der Waals surface area contributed by atoms with Crippen molar-refractivity contribution in [3.63, 3.8) is 0 Å². The predicted molar refractivity (Wildman–Crippen MR) is 91.8 cm³/mol. The zero-order valence-electron chi connectivity index (χ0n) is 12.9. The molecule has 2 rings (SSSR count). The number of rotatable bonds is 7. The van der Waals surface area contributed by atoms with Crippen LogP contribution in [0.3, 0.4) is 0 Å². The first-order valence-electron chi connectivity index (χ1n) is 7.21. The van der Waals surface area contributed by atoms with Crippen molar-refractivity contribution in [2.24, 2.45) is 0 Å². The molecule has 0 heterocycles. The van der Waals surface area contributed by atoms with Gasteiger partial charge in [-0.3, -0.25) is 5.32 Å². The van der Waals surface area contributed by atoms with Gasteiger partial charge in [-0.15, -0.1) is 0 Å². The van der Waals surface area contributed by atoms with Crippen molar-refractivity contribution < 1.29 is 14.3 Å². The van der Waals surface area contributed by atoms with Gasteiger partial charge in [0.15, 0.2) is 6.23 Å².